The molecule has 1 aromatic carbocycles. The molecule has 108 valence electrons. The molecule has 1 aromatic rings. The number of rotatable bonds is 8. The predicted octanol–water partition coefficient (Wildman–Crippen LogP) is 2.75. The summed E-state index contributed by atoms with van der Waals surface area (Å²) in [7, 11) is -3.27. The van der Waals surface area contributed by atoms with Crippen molar-refractivity contribution in [3.8, 4) is 0 Å². The van der Waals surface area contributed by atoms with E-state index in [2.05, 4.69) is 26.0 Å². The molecule has 0 aliphatic carbocycles. The zero-order valence-corrected chi connectivity index (χ0v) is 13.8. The molecule has 0 fully saturated rings. The van der Waals surface area contributed by atoms with E-state index in [1.54, 1.807) is 6.07 Å². The summed E-state index contributed by atoms with van der Waals surface area (Å²) >= 11 is 3.39. The number of sulfonamides is 1. The number of anilines is 1. The molecule has 0 spiro atoms. The molecule has 0 bridgehead atoms. The fraction of sp³-hybridized carbons (Fsp3) is 0.538. The number of halogens is 1. The van der Waals surface area contributed by atoms with Crippen LogP contribution >= 0.6 is 15.9 Å². The average molecular weight is 349 g/mol. The molecule has 0 saturated heterocycles. The Balaban J connectivity index is 2.67. The van der Waals surface area contributed by atoms with Crippen molar-refractivity contribution in [3.05, 3.63) is 28.2 Å². The van der Waals surface area contributed by atoms with E-state index in [9.17, 15) is 8.42 Å². The Morgan fingerprint density at radius 2 is 2.00 bits per heavy atom. The van der Waals surface area contributed by atoms with Crippen molar-refractivity contribution in [1.82, 2.24) is 5.32 Å². The van der Waals surface area contributed by atoms with Crippen LogP contribution in [0.15, 0.2) is 22.7 Å². The van der Waals surface area contributed by atoms with E-state index in [0.29, 0.717) is 12.1 Å². The Kier molecular flexibility index (Phi) is 6.82. The molecule has 0 amide bonds. The summed E-state index contributed by atoms with van der Waals surface area (Å²) in [6.45, 7) is 5.59. The van der Waals surface area contributed by atoms with Gasteiger partial charge in [-0.2, -0.15) is 0 Å². The van der Waals surface area contributed by atoms with Crippen molar-refractivity contribution < 1.29 is 8.42 Å². The van der Waals surface area contributed by atoms with Gasteiger partial charge in [0.25, 0.3) is 0 Å². The third-order valence-corrected chi connectivity index (χ3v) is 4.58. The quantitative estimate of drug-likeness (QED) is 0.710. The standard InChI is InChI=1S/C13H21BrN2O2S/c1-3-11-10-12(14)6-7-13(11)16-19(17,18)9-5-8-15-4-2/h6-7,10,15-16H,3-5,8-9H2,1-2H3. The van der Waals surface area contributed by atoms with Gasteiger partial charge in [0.1, 0.15) is 0 Å². The zero-order valence-electron chi connectivity index (χ0n) is 11.4. The Labute approximate surface area is 124 Å². The maximum Gasteiger partial charge on any atom is 0.232 e. The highest BCUT2D eigenvalue weighted by Gasteiger charge is 2.12. The van der Waals surface area contributed by atoms with Crippen LogP contribution in [0.3, 0.4) is 0 Å². The van der Waals surface area contributed by atoms with E-state index in [-0.39, 0.29) is 5.75 Å². The number of hydrogen-bond donors (Lipinski definition) is 2. The third kappa shape index (κ3) is 5.93. The Hall–Kier alpha value is -0.590. The van der Waals surface area contributed by atoms with Crippen molar-refractivity contribution in [1.29, 1.82) is 0 Å². The average Bonchev–Trinajstić information content (AvgIpc) is 2.36. The fourth-order valence-corrected chi connectivity index (χ4v) is 3.31. The first-order valence-electron chi connectivity index (χ1n) is 6.48. The molecule has 0 saturated carbocycles. The first-order chi connectivity index (χ1) is 8.98. The lowest BCUT2D eigenvalue weighted by Crippen LogP contribution is -2.22. The number of benzene rings is 1. The highest BCUT2D eigenvalue weighted by Crippen LogP contribution is 2.22. The van der Waals surface area contributed by atoms with E-state index >= 15 is 0 Å². The molecule has 4 nitrogen and oxygen atoms in total. The van der Waals surface area contributed by atoms with Gasteiger partial charge < -0.3 is 5.32 Å². The summed E-state index contributed by atoms with van der Waals surface area (Å²) in [6, 6.07) is 5.58. The lowest BCUT2D eigenvalue weighted by molar-refractivity contribution is 0.595. The van der Waals surface area contributed by atoms with Crippen molar-refractivity contribution in [2.45, 2.75) is 26.7 Å². The van der Waals surface area contributed by atoms with Gasteiger partial charge in [0, 0.05) is 4.47 Å². The SMILES string of the molecule is CCNCCCS(=O)(=O)Nc1ccc(Br)cc1CC. The second-order valence-corrected chi connectivity index (χ2v) is 7.04. The van der Waals surface area contributed by atoms with Crippen molar-refractivity contribution in [3.63, 3.8) is 0 Å². The molecule has 0 aromatic heterocycles. The largest absolute Gasteiger partial charge is 0.317 e. The van der Waals surface area contributed by atoms with Crippen LogP contribution in [0, 0.1) is 0 Å². The molecule has 0 aliphatic rings. The maximum atomic E-state index is 12.0. The summed E-state index contributed by atoms with van der Waals surface area (Å²) < 4.78 is 27.6. The lowest BCUT2D eigenvalue weighted by atomic mass is 10.1. The van der Waals surface area contributed by atoms with Gasteiger partial charge in [-0.1, -0.05) is 29.8 Å². The molecular formula is C13H21BrN2O2S. The zero-order chi connectivity index (χ0) is 14.3. The summed E-state index contributed by atoms with van der Waals surface area (Å²) in [5, 5.41) is 3.12. The summed E-state index contributed by atoms with van der Waals surface area (Å²) in [5.74, 6) is 0.138. The first-order valence-corrected chi connectivity index (χ1v) is 8.92. The summed E-state index contributed by atoms with van der Waals surface area (Å²) in [6.07, 6.45) is 1.40. The lowest BCUT2D eigenvalue weighted by Gasteiger charge is -2.12. The van der Waals surface area contributed by atoms with E-state index in [4.69, 9.17) is 0 Å². The van der Waals surface area contributed by atoms with Gasteiger partial charge >= 0.3 is 0 Å². The number of aryl methyl sites for hydroxylation is 1. The molecule has 0 atom stereocenters. The fourth-order valence-electron chi connectivity index (χ4n) is 1.74. The predicted molar refractivity (Wildman–Crippen MR) is 84.1 cm³/mol. The minimum absolute atomic E-state index is 0.138. The molecule has 6 heteroatoms. The third-order valence-electron chi connectivity index (χ3n) is 2.73. The molecule has 0 aliphatic heterocycles. The van der Waals surface area contributed by atoms with Crippen LogP contribution < -0.4 is 10.0 Å². The summed E-state index contributed by atoms with van der Waals surface area (Å²) in [5.41, 5.74) is 1.67. The number of hydrogen-bond acceptors (Lipinski definition) is 3. The highest BCUT2D eigenvalue weighted by molar-refractivity contribution is 9.10. The Morgan fingerprint density at radius 1 is 1.26 bits per heavy atom. The first kappa shape index (κ1) is 16.5. The molecule has 2 N–H and O–H groups in total. The van der Waals surface area contributed by atoms with E-state index in [0.717, 1.165) is 29.5 Å². The van der Waals surface area contributed by atoms with Crippen LogP contribution in [0.5, 0.6) is 0 Å². The van der Waals surface area contributed by atoms with Gasteiger partial charge in [0.2, 0.25) is 10.0 Å². The van der Waals surface area contributed by atoms with Crippen molar-refractivity contribution in [2.24, 2.45) is 0 Å². The second kappa shape index (κ2) is 7.87. The Morgan fingerprint density at radius 3 is 2.63 bits per heavy atom. The van der Waals surface area contributed by atoms with Crippen LogP contribution in [0.1, 0.15) is 25.8 Å². The molecule has 0 radical (unpaired) electrons. The molecule has 19 heavy (non-hydrogen) atoms. The highest BCUT2D eigenvalue weighted by atomic mass is 79.9. The molecule has 0 unspecified atom stereocenters. The minimum Gasteiger partial charge on any atom is -0.317 e. The van der Waals surface area contributed by atoms with Crippen LogP contribution in [-0.2, 0) is 16.4 Å². The molecule has 0 heterocycles. The van der Waals surface area contributed by atoms with Gasteiger partial charge in [-0.15, -0.1) is 0 Å². The number of nitrogens with one attached hydrogen (secondary N) is 2. The van der Waals surface area contributed by atoms with Crippen molar-refractivity contribution >= 4 is 31.6 Å². The second-order valence-electron chi connectivity index (χ2n) is 4.28. The van der Waals surface area contributed by atoms with E-state index in [1.807, 2.05) is 26.0 Å². The normalized spacial score (nSPS) is 11.5. The van der Waals surface area contributed by atoms with Crippen LogP contribution in [-0.4, -0.2) is 27.3 Å². The molecule has 1 rings (SSSR count). The van der Waals surface area contributed by atoms with Crippen LogP contribution in [0.25, 0.3) is 0 Å². The maximum absolute atomic E-state index is 12.0. The Bertz CT molecular complexity index is 503. The smallest absolute Gasteiger partial charge is 0.232 e. The van der Waals surface area contributed by atoms with Gasteiger partial charge in [-0.3, -0.25) is 4.72 Å². The van der Waals surface area contributed by atoms with Gasteiger partial charge in [-0.25, -0.2) is 8.42 Å². The van der Waals surface area contributed by atoms with Crippen molar-refractivity contribution in [2.75, 3.05) is 23.6 Å². The van der Waals surface area contributed by atoms with Gasteiger partial charge in [0.15, 0.2) is 0 Å². The van der Waals surface area contributed by atoms with E-state index < -0.39 is 10.0 Å². The topological polar surface area (TPSA) is 58.2 Å². The monoisotopic (exact) mass is 348 g/mol. The van der Waals surface area contributed by atoms with Crippen LogP contribution in [0.2, 0.25) is 0 Å². The molecular weight excluding hydrogens is 328 g/mol. The van der Waals surface area contributed by atoms with E-state index in [1.165, 1.54) is 0 Å². The minimum atomic E-state index is -3.27. The summed E-state index contributed by atoms with van der Waals surface area (Å²) in [4.78, 5) is 0. The van der Waals surface area contributed by atoms with Gasteiger partial charge in [0.05, 0.1) is 11.4 Å². The van der Waals surface area contributed by atoms with Crippen LogP contribution in [0.4, 0.5) is 5.69 Å². The van der Waals surface area contributed by atoms with Gasteiger partial charge in [-0.05, 0) is 49.7 Å².